The number of nitrogens with zero attached hydrogens (tertiary/aromatic N) is 2. The van der Waals surface area contributed by atoms with Gasteiger partial charge in [-0.15, -0.1) is 11.3 Å². The van der Waals surface area contributed by atoms with Crippen molar-refractivity contribution in [3.8, 4) is 16.9 Å². The van der Waals surface area contributed by atoms with E-state index in [1.807, 2.05) is 17.4 Å². The van der Waals surface area contributed by atoms with Crippen molar-refractivity contribution in [2.45, 2.75) is 0 Å². The lowest BCUT2D eigenvalue weighted by Gasteiger charge is -2.10. The van der Waals surface area contributed by atoms with E-state index in [2.05, 4.69) is 120 Å². The number of benzene rings is 5. The fourth-order valence-electron chi connectivity index (χ4n) is 5.53. The molecular weight excluding hydrogens is 456 g/mol. The van der Waals surface area contributed by atoms with Gasteiger partial charge in [-0.05, 0) is 53.2 Å². The van der Waals surface area contributed by atoms with Gasteiger partial charge in [-0.25, -0.2) is 4.98 Å². The van der Waals surface area contributed by atoms with Crippen LogP contribution in [-0.4, -0.2) is 9.55 Å². The number of thiophene rings is 1. The first kappa shape index (κ1) is 19.8. The molecule has 0 aliphatic carbocycles. The van der Waals surface area contributed by atoms with Gasteiger partial charge in [0, 0.05) is 36.8 Å². The zero-order valence-corrected chi connectivity index (χ0v) is 20.2. The summed E-state index contributed by atoms with van der Waals surface area (Å²) < 4.78 is 5.03. The zero-order valence-electron chi connectivity index (χ0n) is 19.3. The van der Waals surface area contributed by atoms with E-state index in [0.29, 0.717) is 0 Å². The number of pyridine rings is 1. The molecule has 0 saturated carbocycles. The fraction of sp³-hybridized carbons (Fsp3) is 0. The fourth-order valence-corrected chi connectivity index (χ4v) is 6.63. The van der Waals surface area contributed by atoms with Crippen molar-refractivity contribution in [3.05, 3.63) is 121 Å². The second-order valence-corrected chi connectivity index (χ2v) is 10.3. The number of aromatic nitrogens is 2. The molecule has 36 heavy (non-hydrogen) atoms. The maximum absolute atomic E-state index is 5.24. The molecule has 0 N–H and O–H groups in total. The highest BCUT2D eigenvalue weighted by Crippen LogP contribution is 2.43. The summed E-state index contributed by atoms with van der Waals surface area (Å²) in [6.45, 7) is 0. The lowest BCUT2D eigenvalue weighted by molar-refractivity contribution is 1.19. The molecule has 2 nitrogen and oxygen atoms in total. The maximum atomic E-state index is 5.24. The van der Waals surface area contributed by atoms with Crippen LogP contribution in [-0.2, 0) is 0 Å². The van der Waals surface area contributed by atoms with Crippen LogP contribution >= 0.6 is 11.3 Å². The van der Waals surface area contributed by atoms with Crippen LogP contribution in [0.25, 0.3) is 69.8 Å². The van der Waals surface area contributed by atoms with Crippen molar-refractivity contribution >= 4 is 64.2 Å². The van der Waals surface area contributed by atoms with Crippen molar-refractivity contribution in [2.24, 2.45) is 0 Å². The van der Waals surface area contributed by atoms with Crippen LogP contribution in [0.1, 0.15) is 0 Å². The van der Waals surface area contributed by atoms with Crippen molar-refractivity contribution in [2.75, 3.05) is 0 Å². The molecule has 3 heterocycles. The van der Waals surface area contributed by atoms with E-state index < -0.39 is 0 Å². The quantitative estimate of drug-likeness (QED) is 0.243. The molecule has 0 bridgehead atoms. The highest BCUT2D eigenvalue weighted by molar-refractivity contribution is 7.26. The first-order valence-electron chi connectivity index (χ1n) is 12.2. The van der Waals surface area contributed by atoms with Crippen molar-refractivity contribution in [1.29, 1.82) is 0 Å². The minimum absolute atomic E-state index is 0.996. The summed E-state index contributed by atoms with van der Waals surface area (Å²) in [7, 11) is 0. The van der Waals surface area contributed by atoms with Crippen molar-refractivity contribution < 1.29 is 0 Å². The Labute approximate surface area is 211 Å². The second kappa shape index (κ2) is 7.51. The first-order valence-corrected chi connectivity index (χ1v) is 13.0. The summed E-state index contributed by atoms with van der Waals surface area (Å²) in [6.07, 6.45) is 0. The molecular formula is C33H20N2S. The van der Waals surface area contributed by atoms with Gasteiger partial charge >= 0.3 is 0 Å². The predicted octanol–water partition coefficient (Wildman–Crippen LogP) is 9.37. The van der Waals surface area contributed by atoms with E-state index in [0.717, 1.165) is 28.0 Å². The molecule has 0 amide bonds. The van der Waals surface area contributed by atoms with Gasteiger partial charge in [0.25, 0.3) is 0 Å². The van der Waals surface area contributed by atoms with Crippen LogP contribution in [0.2, 0.25) is 0 Å². The van der Waals surface area contributed by atoms with Crippen LogP contribution in [0.5, 0.6) is 0 Å². The molecule has 0 atom stereocenters. The van der Waals surface area contributed by atoms with Gasteiger partial charge in [-0.2, -0.15) is 0 Å². The predicted molar refractivity (Wildman–Crippen MR) is 154 cm³/mol. The lowest BCUT2D eigenvalue weighted by atomic mass is 10.1. The standard InChI is InChI=1S/C33H20N2S/c1-2-9-22(10-3-1)27-17-18-28-32(34-27)26-16-19-30-31(25-12-6-7-13-29(25)36-30)33(26)35(28)24-15-14-21-8-4-5-11-23(21)20-24/h1-20H. The summed E-state index contributed by atoms with van der Waals surface area (Å²) >= 11 is 1.86. The van der Waals surface area contributed by atoms with Gasteiger partial charge in [-0.1, -0.05) is 78.9 Å². The summed E-state index contributed by atoms with van der Waals surface area (Å²) in [5.41, 5.74) is 6.68. The number of fused-ring (bicyclic) bond motifs is 8. The SMILES string of the molecule is c1ccc(-c2ccc3c(n2)c2ccc4sc5ccccc5c4c2n3-c2ccc3ccccc3c2)cc1. The number of rotatable bonds is 2. The molecule has 8 aromatic rings. The molecule has 0 radical (unpaired) electrons. The summed E-state index contributed by atoms with van der Waals surface area (Å²) in [4.78, 5) is 5.24. The third-order valence-corrected chi connectivity index (χ3v) is 8.31. The molecule has 0 aliphatic rings. The van der Waals surface area contributed by atoms with Crippen LogP contribution in [0.15, 0.2) is 121 Å². The van der Waals surface area contributed by atoms with Gasteiger partial charge < -0.3 is 4.57 Å². The normalized spacial score (nSPS) is 11.9. The summed E-state index contributed by atoms with van der Waals surface area (Å²) in [6, 6.07) is 43.4. The van der Waals surface area contributed by atoms with E-state index in [1.165, 1.54) is 41.8 Å². The molecule has 8 rings (SSSR count). The highest BCUT2D eigenvalue weighted by atomic mass is 32.1. The molecule has 0 fully saturated rings. The molecule has 3 aromatic heterocycles. The zero-order chi connectivity index (χ0) is 23.6. The van der Waals surface area contributed by atoms with E-state index in [-0.39, 0.29) is 0 Å². The molecule has 0 saturated heterocycles. The molecule has 5 aromatic carbocycles. The second-order valence-electron chi connectivity index (χ2n) is 9.23. The summed E-state index contributed by atoms with van der Waals surface area (Å²) in [5.74, 6) is 0. The van der Waals surface area contributed by atoms with Gasteiger partial charge in [0.2, 0.25) is 0 Å². The molecule has 168 valence electrons. The first-order chi connectivity index (χ1) is 17.8. The largest absolute Gasteiger partial charge is 0.307 e. The molecule has 0 unspecified atom stereocenters. The van der Waals surface area contributed by atoms with Crippen molar-refractivity contribution in [1.82, 2.24) is 9.55 Å². The Bertz CT molecular complexity index is 2100. The van der Waals surface area contributed by atoms with Crippen LogP contribution in [0.4, 0.5) is 0 Å². The minimum Gasteiger partial charge on any atom is -0.307 e. The monoisotopic (exact) mass is 476 g/mol. The third kappa shape index (κ3) is 2.81. The van der Waals surface area contributed by atoms with Crippen LogP contribution in [0, 0.1) is 0 Å². The van der Waals surface area contributed by atoms with E-state index in [9.17, 15) is 0 Å². The highest BCUT2D eigenvalue weighted by Gasteiger charge is 2.19. The van der Waals surface area contributed by atoms with E-state index in [4.69, 9.17) is 4.98 Å². The Hall–Kier alpha value is -4.47. The minimum atomic E-state index is 0.996. The van der Waals surface area contributed by atoms with Gasteiger partial charge in [0.05, 0.1) is 22.2 Å². The van der Waals surface area contributed by atoms with Gasteiger partial charge in [0.1, 0.15) is 0 Å². The maximum Gasteiger partial charge on any atom is 0.0971 e. The number of hydrogen-bond acceptors (Lipinski definition) is 2. The summed E-state index contributed by atoms with van der Waals surface area (Å²) in [5, 5.41) is 6.28. The lowest BCUT2D eigenvalue weighted by Crippen LogP contribution is -1.95. The average Bonchev–Trinajstić information content (AvgIpc) is 3.48. The third-order valence-electron chi connectivity index (χ3n) is 7.17. The van der Waals surface area contributed by atoms with E-state index >= 15 is 0 Å². The average molecular weight is 477 g/mol. The Morgan fingerprint density at radius 3 is 2.31 bits per heavy atom. The van der Waals surface area contributed by atoms with Crippen molar-refractivity contribution in [3.63, 3.8) is 0 Å². The Balaban J connectivity index is 1.56. The molecule has 3 heteroatoms. The smallest absolute Gasteiger partial charge is 0.0971 e. The van der Waals surface area contributed by atoms with E-state index in [1.54, 1.807) is 0 Å². The van der Waals surface area contributed by atoms with Gasteiger partial charge in [-0.3, -0.25) is 0 Å². The molecule has 0 aliphatic heterocycles. The van der Waals surface area contributed by atoms with Gasteiger partial charge in [0.15, 0.2) is 0 Å². The Morgan fingerprint density at radius 1 is 0.583 bits per heavy atom. The van der Waals surface area contributed by atoms with Crippen LogP contribution < -0.4 is 0 Å². The topological polar surface area (TPSA) is 17.8 Å². The molecule has 0 spiro atoms. The number of hydrogen-bond donors (Lipinski definition) is 0. The Morgan fingerprint density at radius 2 is 1.39 bits per heavy atom. The van der Waals surface area contributed by atoms with Crippen LogP contribution in [0.3, 0.4) is 0 Å². The Kier molecular flexibility index (Phi) is 4.13.